The summed E-state index contributed by atoms with van der Waals surface area (Å²) in [6, 6.07) is 18.3. The fraction of sp³-hybridized carbons (Fsp3) is 0.238. The highest BCUT2D eigenvalue weighted by Gasteiger charge is 2.21. The van der Waals surface area contributed by atoms with Gasteiger partial charge < -0.3 is 19.9 Å². The lowest BCUT2D eigenvalue weighted by molar-refractivity contribution is 0.116. The molecule has 0 amide bonds. The number of para-hydroxylation sites is 1. The normalized spacial score (nSPS) is 16.2. The summed E-state index contributed by atoms with van der Waals surface area (Å²) in [6.07, 6.45) is 0.200. The van der Waals surface area contributed by atoms with Gasteiger partial charge >= 0.3 is 0 Å². The first-order chi connectivity index (χ1) is 12.2. The molecule has 3 aromatic rings. The fourth-order valence-corrected chi connectivity index (χ4v) is 3.25. The largest absolute Gasteiger partial charge is 0.497 e. The predicted molar refractivity (Wildman–Crippen MR) is 99.3 cm³/mol. The molecule has 3 aromatic carbocycles. The molecule has 0 aliphatic carbocycles. The molecule has 4 rings (SSSR count). The molecule has 0 spiro atoms. The molecule has 0 bridgehead atoms. The van der Waals surface area contributed by atoms with Crippen molar-refractivity contribution in [2.75, 3.05) is 19.0 Å². The molecule has 0 radical (unpaired) electrons. The number of ether oxygens (including phenoxy) is 2. The zero-order chi connectivity index (χ0) is 17.2. The average Bonchev–Trinajstić information content (AvgIpc) is 2.66. The minimum atomic E-state index is -0.443. The maximum Gasteiger partial charge on any atom is 0.148 e. The third-order valence-corrected chi connectivity index (χ3v) is 4.64. The van der Waals surface area contributed by atoms with Gasteiger partial charge in [-0.2, -0.15) is 0 Å². The number of benzene rings is 3. The number of rotatable bonds is 4. The first-order valence-corrected chi connectivity index (χ1v) is 8.49. The van der Waals surface area contributed by atoms with Gasteiger partial charge in [0.05, 0.1) is 25.5 Å². The Kier molecular flexibility index (Phi) is 4.20. The van der Waals surface area contributed by atoms with Crippen LogP contribution in [0.1, 0.15) is 23.7 Å². The summed E-state index contributed by atoms with van der Waals surface area (Å²) in [5, 5.41) is 15.9. The van der Waals surface area contributed by atoms with Gasteiger partial charge in [-0.1, -0.05) is 30.3 Å². The highest BCUT2D eigenvalue weighted by Crippen LogP contribution is 2.38. The minimum absolute atomic E-state index is 0.443. The zero-order valence-electron chi connectivity index (χ0n) is 14.2. The molecule has 0 fully saturated rings. The summed E-state index contributed by atoms with van der Waals surface area (Å²) in [5.74, 6) is 1.64. The SMILES string of the molecule is COc1ccc2cc(CNc3cccc4c3OCCC4O)ccc2c1. The van der Waals surface area contributed by atoms with Crippen LogP contribution in [0.5, 0.6) is 11.5 Å². The zero-order valence-corrected chi connectivity index (χ0v) is 14.2. The van der Waals surface area contributed by atoms with E-state index in [2.05, 4.69) is 29.6 Å². The predicted octanol–water partition coefficient (Wildman–Crippen LogP) is 4.28. The van der Waals surface area contributed by atoms with Crippen molar-refractivity contribution in [2.24, 2.45) is 0 Å². The van der Waals surface area contributed by atoms with Gasteiger partial charge in [-0.05, 0) is 40.6 Å². The molecule has 1 heterocycles. The van der Waals surface area contributed by atoms with Gasteiger partial charge in [0.1, 0.15) is 11.5 Å². The minimum Gasteiger partial charge on any atom is -0.497 e. The molecular formula is C21H21NO3. The monoisotopic (exact) mass is 335 g/mol. The molecular weight excluding hydrogens is 314 g/mol. The standard InChI is InChI=1S/C21H21NO3/c1-24-17-8-7-15-11-14(5-6-16(15)12-17)13-22-19-4-2-3-18-20(23)9-10-25-21(18)19/h2-8,11-12,20,22-23H,9-10,13H2,1H3. The van der Waals surface area contributed by atoms with Crippen LogP contribution in [0.25, 0.3) is 10.8 Å². The molecule has 0 aromatic heterocycles. The van der Waals surface area contributed by atoms with E-state index in [0.717, 1.165) is 28.1 Å². The summed E-state index contributed by atoms with van der Waals surface area (Å²) in [4.78, 5) is 0. The Morgan fingerprint density at radius 3 is 2.84 bits per heavy atom. The van der Waals surface area contributed by atoms with Crippen LogP contribution in [0.2, 0.25) is 0 Å². The molecule has 1 unspecified atom stereocenters. The van der Waals surface area contributed by atoms with Gasteiger partial charge in [0.25, 0.3) is 0 Å². The first kappa shape index (κ1) is 15.8. The lowest BCUT2D eigenvalue weighted by Crippen LogP contribution is -2.15. The molecule has 25 heavy (non-hydrogen) atoms. The van der Waals surface area contributed by atoms with Crippen molar-refractivity contribution in [3.63, 3.8) is 0 Å². The van der Waals surface area contributed by atoms with Crippen molar-refractivity contribution in [3.05, 3.63) is 65.7 Å². The van der Waals surface area contributed by atoms with Crippen LogP contribution in [-0.4, -0.2) is 18.8 Å². The van der Waals surface area contributed by atoms with E-state index in [1.807, 2.05) is 30.3 Å². The molecule has 1 atom stereocenters. The third kappa shape index (κ3) is 3.13. The summed E-state index contributed by atoms with van der Waals surface area (Å²) in [5.41, 5.74) is 2.97. The topological polar surface area (TPSA) is 50.7 Å². The van der Waals surface area contributed by atoms with Crippen molar-refractivity contribution >= 4 is 16.5 Å². The van der Waals surface area contributed by atoms with Gasteiger partial charge in [0, 0.05) is 18.5 Å². The van der Waals surface area contributed by atoms with Gasteiger partial charge in [0.2, 0.25) is 0 Å². The molecule has 4 heteroatoms. The van der Waals surface area contributed by atoms with Gasteiger partial charge in [-0.15, -0.1) is 0 Å². The second kappa shape index (κ2) is 6.65. The van der Waals surface area contributed by atoms with Gasteiger partial charge in [-0.3, -0.25) is 0 Å². The van der Waals surface area contributed by atoms with Crippen molar-refractivity contribution in [3.8, 4) is 11.5 Å². The summed E-state index contributed by atoms with van der Waals surface area (Å²) >= 11 is 0. The van der Waals surface area contributed by atoms with E-state index in [0.29, 0.717) is 19.6 Å². The van der Waals surface area contributed by atoms with Crippen LogP contribution in [0.15, 0.2) is 54.6 Å². The second-order valence-corrected chi connectivity index (χ2v) is 6.28. The molecule has 1 aliphatic heterocycles. The van der Waals surface area contributed by atoms with E-state index in [-0.39, 0.29) is 0 Å². The first-order valence-electron chi connectivity index (χ1n) is 8.49. The highest BCUT2D eigenvalue weighted by molar-refractivity contribution is 5.84. The Hall–Kier alpha value is -2.72. The second-order valence-electron chi connectivity index (χ2n) is 6.28. The number of anilines is 1. The number of methoxy groups -OCH3 is 1. The van der Waals surface area contributed by atoms with E-state index in [1.54, 1.807) is 7.11 Å². The molecule has 128 valence electrons. The van der Waals surface area contributed by atoms with Crippen molar-refractivity contribution in [1.82, 2.24) is 0 Å². The maximum absolute atomic E-state index is 10.1. The molecule has 2 N–H and O–H groups in total. The van der Waals surface area contributed by atoms with Crippen LogP contribution < -0.4 is 14.8 Å². The molecule has 1 aliphatic rings. The molecule has 0 saturated heterocycles. The Morgan fingerprint density at radius 1 is 1.12 bits per heavy atom. The number of aliphatic hydroxyl groups is 1. The summed E-state index contributed by atoms with van der Waals surface area (Å²) in [6.45, 7) is 1.24. The van der Waals surface area contributed by atoms with Crippen molar-refractivity contribution < 1.29 is 14.6 Å². The fourth-order valence-electron chi connectivity index (χ4n) is 3.25. The third-order valence-electron chi connectivity index (χ3n) is 4.64. The van der Waals surface area contributed by atoms with Crippen LogP contribution >= 0.6 is 0 Å². The maximum atomic E-state index is 10.1. The Morgan fingerprint density at radius 2 is 1.96 bits per heavy atom. The van der Waals surface area contributed by atoms with Crippen molar-refractivity contribution in [2.45, 2.75) is 19.1 Å². The van der Waals surface area contributed by atoms with E-state index < -0.39 is 6.10 Å². The van der Waals surface area contributed by atoms with Crippen LogP contribution in [0.4, 0.5) is 5.69 Å². The lowest BCUT2D eigenvalue weighted by Gasteiger charge is -2.24. The number of nitrogens with one attached hydrogen (secondary N) is 1. The highest BCUT2D eigenvalue weighted by atomic mass is 16.5. The van der Waals surface area contributed by atoms with Gasteiger partial charge in [-0.25, -0.2) is 0 Å². The number of hydrogen-bond donors (Lipinski definition) is 2. The Balaban J connectivity index is 1.55. The Labute approximate surface area is 147 Å². The summed E-state index contributed by atoms with van der Waals surface area (Å²) in [7, 11) is 1.68. The Bertz CT molecular complexity index is 907. The lowest BCUT2D eigenvalue weighted by atomic mass is 10.0. The van der Waals surface area contributed by atoms with Crippen LogP contribution in [0.3, 0.4) is 0 Å². The van der Waals surface area contributed by atoms with Crippen LogP contribution in [-0.2, 0) is 6.54 Å². The van der Waals surface area contributed by atoms with E-state index in [9.17, 15) is 5.11 Å². The quantitative estimate of drug-likeness (QED) is 0.747. The smallest absolute Gasteiger partial charge is 0.148 e. The number of fused-ring (bicyclic) bond motifs is 2. The number of aliphatic hydroxyl groups excluding tert-OH is 1. The molecule has 0 saturated carbocycles. The summed E-state index contributed by atoms with van der Waals surface area (Å²) < 4.78 is 11.0. The van der Waals surface area contributed by atoms with E-state index in [4.69, 9.17) is 9.47 Å². The average molecular weight is 335 g/mol. The van der Waals surface area contributed by atoms with Crippen LogP contribution in [0, 0.1) is 0 Å². The van der Waals surface area contributed by atoms with E-state index >= 15 is 0 Å². The molecule has 4 nitrogen and oxygen atoms in total. The van der Waals surface area contributed by atoms with Gasteiger partial charge in [0.15, 0.2) is 0 Å². The number of hydrogen-bond acceptors (Lipinski definition) is 4. The van der Waals surface area contributed by atoms with E-state index in [1.165, 1.54) is 10.9 Å². The van der Waals surface area contributed by atoms with Crippen molar-refractivity contribution in [1.29, 1.82) is 0 Å².